The predicted molar refractivity (Wildman–Crippen MR) is 63.7 cm³/mol. The molecule has 0 aliphatic carbocycles. The van der Waals surface area contributed by atoms with Crippen LogP contribution < -0.4 is 22.2 Å². The first-order chi connectivity index (χ1) is 7.72. The summed E-state index contributed by atoms with van der Waals surface area (Å²) in [6, 6.07) is 3.63. The molecular weight excluding hydrogens is 204 g/mol. The zero-order valence-electron chi connectivity index (χ0n) is 8.77. The van der Waals surface area contributed by atoms with Crippen molar-refractivity contribution in [2.75, 3.05) is 12.4 Å². The van der Waals surface area contributed by atoms with E-state index < -0.39 is 0 Å². The Bertz CT molecular complexity index is 467. The number of hydrogen-bond acceptors (Lipinski definition) is 4. The van der Waals surface area contributed by atoms with E-state index in [0.717, 1.165) is 11.5 Å². The largest absolute Gasteiger partial charge is 0.382 e. The normalized spacial score (nSPS) is 15.4. The lowest BCUT2D eigenvalue weighted by molar-refractivity contribution is 0.682. The number of rotatable bonds is 4. The van der Waals surface area contributed by atoms with Gasteiger partial charge in [-0.15, -0.1) is 0 Å². The number of nitrogens with one attached hydrogen (secondary N) is 2. The van der Waals surface area contributed by atoms with Crippen molar-refractivity contribution in [2.24, 2.45) is 10.7 Å². The highest BCUT2D eigenvalue weighted by Gasteiger charge is 2.15. The summed E-state index contributed by atoms with van der Waals surface area (Å²) in [5.41, 5.74) is 7.39. The van der Waals surface area contributed by atoms with Crippen LogP contribution in [0.5, 0.6) is 0 Å². The van der Waals surface area contributed by atoms with Crippen molar-refractivity contribution in [2.45, 2.75) is 0 Å². The summed E-state index contributed by atoms with van der Waals surface area (Å²) in [6.45, 7) is 4.25. The Kier molecular flexibility index (Phi) is 2.55. The first-order valence-electron chi connectivity index (χ1n) is 4.84. The third-order valence-corrected chi connectivity index (χ3v) is 2.26. The minimum Gasteiger partial charge on any atom is -0.382 e. The first kappa shape index (κ1) is 10.2. The molecule has 2 rings (SSSR count). The summed E-state index contributed by atoms with van der Waals surface area (Å²) in [6.07, 6.45) is 3.30. The highest BCUT2D eigenvalue weighted by Crippen LogP contribution is 2.11. The van der Waals surface area contributed by atoms with Crippen LogP contribution in [0.15, 0.2) is 47.6 Å². The third-order valence-electron chi connectivity index (χ3n) is 2.26. The zero-order valence-corrected chi connectivity index (χ0v) is 8.77. The molecule has 0 spiro atoms. The number of aliphatic imine (C=N–C) groups is 1. The van der Waals surface area contributed by atoms with E-state index in [9.17, 15) is 0 Å². The molecule has 1 aliphatic rings. The Morgan fingerprint density at radius 3 is 3.00 bits per heavy atom. The van der Waals surface area contributed by atoms with E-state index in [1.54, 1.807) is 12.4 Å². The van der Waals surface area contributed by atoms with Crippen LogP contribution in [0.25, 0.3) is 0 Å². The van der Waals surface area contributed by atoms with Crippen molar-refractivity contribution in [3.63, 3.8) is 0 Å². The van der Waals surface area contributed by atoms with Crippen molar-refractivity contribution in [3.8, 4) is 0 Å². The molecule has 0 saturated heterocycles. The average Bonchev–Trinajstić information content (AvgIpc) is 2.67. The number of hydrogen-bond donors (Lipinski definition) is 4. The average molecular weight is 218 g/mol. The molecule has 0 amide bonds. The van der Waals surface area contributed by atoms with Gasteiger partial charge in [-0.3, -0.25) is 4.68 Å². The molecule has 6 N–H and O–H groups in total. The fourth-order valence-corrected chi connectivity index (χ4v) is 1.40. The van der Waals surface area contributed by atoms with E-state index in [-0.39, 0.29) is 0 Å². The topological polar surface area (TPSA) is 93.4 Å². The Hall–Kier alpha value is -2.37. The third kappa shape index (κ3) is 1.72. The van der Waals surface area contributed by atoms with Crippen molar-refractivity contribution < 1.29 is 0 Å². The van der Waals surface area contributed by atoms with E-state index in [1.807, 2.05) is 12.1 Å². The number of nitrogen functional groups attached to an aromatic ring is 1. The van der Waals surface area contributed by atoms with Gasteiger partial charge in [0, 0.05) is 6.20 Å². The lowest BCUT2D eigenvalue weighted by Crippen LogP contribution is -2.37. The molecule has 1 aromatic rings. The van der Waals surface area contributed by atoms with Crippen LogP contribution in [-0.2, 0) is 0 Å². The van der Waals surface area contributed by atoms with E-state index in [4.69, 9.17) is 11.6 Å². The van der Waals surface area contributed by atoms with Gasteiger partial charge in [0.2, 0.25) is 0 Å². The molecule has 6 nitrogen and oxygen atoms in total. The van der Waals surface area contributed by atoms with Gasteiger partial charge in [0.25, 0.3) is 0 Å². The van der Waals surface area contributed by atoms with Gasteiger partial charge in [-0.25, -0.2) is 4.99 Å². The summed E-state index contributed by atoms with van der Waals surface area (Å²) in [5.74, 6) is 6.88. The Labute approximate surface area is 93.3 Å². The number of aromatic nitrogens is 1. The molecule has 1 aromatic heterocycles. The molecular formula is C10H14N6. The molecule has 0 unspecified atom stereocenters. The fraction of sp³-hybridized carbons (Fsp3) is 0.100. The van der Waals surface area contributed by atoms with Gasteiger partial charge in [0.05, 0.1) is 6.54 Å². The molecule has 1 aliphatic heterocycles. The van der Waals surface area contributed by atoms with Crippen molar-refractivity contribution in [3.05, 3.63) is 48.3 Å². The van der Waals surface area contributed by atoms with Crippen LogP contribution in [0.4, 0.5) is 0 Å². The smallest absolute Gasteiger partial charge is 0.149 e. The summed E-state index contributed by atoms with van der Waals surface area (Å²) in [4.78, 5) is 4.29. The van der Waals surface area contributed by atoms with Crippen LogP contribution in [0.3, 0.4) is 0 Å². The van der Waals surface area contributed by atoms with Gasteiger partial charge in [0.15, 0.2) is 0 Å². The van der Waals surface area contributed by atoms with Gasteiger partial charge in [-0.1, -0.05) is 6.58 Å². The van der Waals surface area contributed by atoms with Gasteiger partial charge in [0.1, 0.15) is 23.0 Å². The molecule has 16 heavy (non-hydrogen) atoms. The second-order valence-corrected chi connectivity index (χ2v) is 3.32. The maximum Gasteiger partial charge on any atom is 0.149 e. The molecule has 0 bridgehead atoms. The SMILES string of the molecule is C=CNC1=C(/N=C(/N)c2cccn2N)CN1. The van der Waals surface area contributed by atoms with Gasteiger partial charge < -0.3 is 22.2 Å². The zero-order chi connectivity index (χ0) is 11.5. The minimum atomic E-state index is 0.396. The molecule has 2 heterocycles. The van der Waals surface area contributed by atoms with Gasteiger partial charge in [-0.05, 0) is 18.3 Å². The maximum absolute atomic E-state index is 5.84. The van der Waals surface area contributed by atoms with Crippen LogP contribution >= 0.6 is 0 Å². The van der Waals surface area contributed by atoms with E-state index in [1.165, 1.54) is 4.68 Å². The number of nitrogens with zero attached hydrogens (tertiary/aromatic N) is 2. The van der Waals surface area contributed by atoms with E-state index >= 15 is 0 Å². The van der Waals surface area contributed by atoms with Crippen LogP contribution in [-0.4, -0.2) is 17.1 Å². The maximum atomic E-state index is 5.84. The summed E-state index contributed by atoms with van der Waals surface area (Å²) >= 11 is 0. The second kappa shape index (κ2) is 4.01. The Morgan fingerprint density at radius 2 is 2.50 bits per heavy atom. The quantitative estimate of drug-likeness (QED) is 0.309. The molecule has 84 valence electrons. The lowest BCUT2D eigenvalue weighted by Gasteiger charge is -2.22. The Balaban J connectivity index is 2.22. The highest BCUT2D eigenvalue weighted by atomic mass is 15.3. The Morgan fingerprint density at radius 1 is 1.69 bits per heavy atom. The van der Waals surface area contributed by atoms with Crippen molar-refractivity contribution in [1.82, 2.24) is 15.3 Å². The molecule has 0 radical (unpaired) electrons. The second-order valence-electron chi connectivity index (χ2n) is 3.32. The van der Waals surface area contributed by atoms with Gasteiger partial charge in [-0.2, -0.15) is 0 Å². The van der Waals surface area contributed by atoms with Crippen LogP contribution in [0.1, 0.15) is 5.69 Å². The van der Waals surface area contributed by atoms with Crippen LogP contribution in [0, 0.1) is 0 Å². The molecule has 0 saturated carbocycles. The summed E-state index contributed by atoms with van der Waals surface area (Å²) in [7, 11) is 0. The highest BCUT2D eigenvalue weighted by molar-refractivity contribution is 5.96. The summed E-state index contributed by atoms with van der Waals surface area (Å²) < 4.78 is 1.44. The van der Waals surface area contributed by atoms with Crippen molar-refractivity contribution in [1.29, 1.82) is 0 Å². The molecule has 0 aromatic carbocycles. The molecule has 0 atom stereocenters. The van der Waals surface area contributed by atoms with E-state index in [0.29, 0.717) is 18.1 Å². The van der Waals surface area contributed by atoms with Crippen LogP contribution in [0.2, 0.25) is 0 Å². The monoisotopic (exact) mass is 218 g/mol. The first-order valence-corrected chi connectivity index (χ1v) is 4.84. The standard InChI is InChI=1S/C10H14N6/c1-2-13-10-7(6-14-10)15-9(11)8-4-3-5-16(8)12/h2-5,13-14H,1,6,12H2,(H2,11,15). The molecule has 6 heteroatoms. The predicted octanol–water partition coefficient (Wildman–Crippen LogP) is -0.587. The number of nitrogens with two attached hydrogens (primary N) is 2. The molecule has 0 fully saturated rings. The number of amidine groups is 1. The van der Waals surface area contributed by atoms with Crippen molar-refractivity contribution >= 4 is 5.84 Å². The summed E-state index contributed by atoms with van der Waals surface area (Å²) in [5, 5.41) is 5.99. The van der Waals surface area contributed by atoms with Gasteiger partial charge >= 0.3 is 0 Å². The fourth-order valence-electron chi connectivity index (χ4n) is 1.40. The van der Waals surface area contributed by atoms with E-state index in [2.05, 4.69) is 22.2 Å². The lowest BCUT2D eigenvalue weighted by atomic mass is 10.3. The minimum absolute atomic E-state index is 0.396.